The van der Waals surface area contributed by atoms with Gasteiger partial charge in [0.15, 0.2) is 0 Å². The summed E-state index contributed by atoms with van der Waals surface area (Å²) < 4.78 is 2.28. The number of aryl methyl sites for hydroxylation is 1. The summed E-state index contributed by atoms with van der Waals surface area (Å²) in [4.78, 5) is 14.5. The molecule has 2 aliphatic heterocycles. The second-order valence-electron chi connectivity index (χ2n) is 8.48. The van der Waals surface area contributed by atoms with Gasteiger partial charge in [-0.05, 0) is 57.0 Å². The Labute approximate surface area is 172 Å². The number of hydrogen-bond donors (Lipinski definition) is 1. The minimum Gasteiger partial charge on any atom is -0.355 e. The summed E-state index contributed by atoms with van der Waals surface area (Å²) in [5.41, 5.74) is 4.62. The molecular formula is C23H30N6. The van der Waals surface area contributed by atoms with Crippen LogP contribution in [-0.2, 0) is 0 Å². The van der Waals surface area contributed by atoms with Crippen molar-refractivity contribution in [3.8, 4) is 0 Å². The van der Waals surface area contributed by atoms with E-state index in [1.165, 1.54) is 23.5 Å². The molecule has 0 aliphatic carbocycles. The van der Waals surface area contributed by atoms with Gasteiger partial charge in [-0.1, -0.05) is 12.1 Å². The van der Waals surface area contributed by atoms with Crippen LogP contribution in [0.15, 0.2) is 42.7 Å². The molecule has 2 aliphatic rings. The Morgan fingerprint density at radius 3 is 2.66 bits per heavy atom. The molecule has 3 aromatic heterocycles. The number of imidazole rings is 1. The average Bonchev–Trinajstić information content (AvgIpc) is 3.19. The van der Waals surface area contributed by atoms with Gasteiger partial charge in [-0.3, -0.25) is 9.38 Å². The van der Waals surface area contributed by atoms with Crippen LogP contribution in [-0.4, -0.2) is 52.5 Å². The number of aromatic nitrogens is 3. The van der Waals surface area contributed by atoms with Crippen LogP contribution in [0, 0.1) is 6.92 Å². The third-order valence-electron chi connectivity index (χ3n) is 6.44. The molecule has 0 aromatic carbocycles. The van der Waals surface area contributed by atoms with E-state index in [1.807, 2.05) is 12.3 Å². The molecule has 6 nitrogen and oxygen atoms in total. The maximum atomic E-state index is 5.00. The second kappa shape index (κ2) is 7.76. The van der Waals surface area contributed by atoms with Gasteiger partial charge in [-0.15, -0.1) is 0 Å². The van der Waals surface area contributed by atoms with Crippen LogP contribution in [0.2, 0.25) is 0 Å². The molecule has 0 amide bonds. The molecule has 2 fully saturated rings. The van der Waals surface area contributed by atoms with Gasteiger partial charge in [0.2, 0.25) is 0 Å². The van der Waals surface area contributed by atoms with Gasteiger partial charge >= 0.3 is 0 Å². The lowest BCUT2D eigenvalue weighted by Crippen LogP contribution is -2.45. The second-order valence-corrected chi connectivity index (χ2v) is 8.48. The van der Waals surface area contributed by atoms with Gasteiger partial charge in [-0.25, -0.2) is 4.98 Å². The molecule has 1 N–H and O–H groups in total. The van der Waals surface area contributed by atoms with Crippen LogP contribution in [0.3, 0.4) is 0 Å². The molecule has 5 rings (SSSR count). The molecule has 1 unspecified atom stereocenters. The Balaban J connectivity index is 1.42. The quantitative estimate of drug-likeness (QED) is 0.743. The van der Waals surface area contributed by atoms with Crippen molar-refractivity contribution in [2.75, 3.05) is 38.1 Å². The van der Waals surface area contributed by atoms with E-state index in [0.29, 0.717) is 6.04 Å². The van der Waals surface area contributed by atoms with Crippen LogP contribution < -0.4 is 10.2 Å². The van der Waals surface area contributed by atoms with Crippen molar-refractivity contribution in [1.29, 1.82) is 0 Å². The first kappa shape index (κ1) is 18.6. The molecule has 2 atom stereocenters. The zero-order chi connectivity index (χ0) is 19.8. The predicted octanol–water partition coefficient (Wildman–Crippen LogP) is 3.35. The monoisotopic (exact) mass is 390 g/mol. The van der Waals surface area contributed by atoms with Crippen molar-refractivity contribution in [2.45, 2.75) is 38.3 Å². The summed E-state index contributed by atoms with van der Waals surface area (Å²) >= 11 is 0. The molecule has 0 bridgehead atoms. The van der Waals surface area contributed by atoms with Crippen LogP contribution >= 0.6 is 0 Å². The fourth-order valence-corrected chi connectivity index (χ4v) is 4.72. The highest BCUT2D eigenvalue weighted by Gasteiger charge is 2.27. The van der Waals surface area contributed by atoms with Crippen LogP contribution in [0.1, 0.15) is 48.3 Å². The fourth-order valence-electron chi connectivity index (χ4n) is 4.72. The van der Waals surface area contributed by atoms with E-state index >= 15 is 0 Å². The fraction of sp³-hybridized carbons (Fsp3) is 0.478. The topological polar surface area (TPSA) is 48.7 Å². The van der Waals surface area contributed by atoms with Gasteiger partial charge < -0.3 is 15.1 Å². The lowest BCUT2D eigenvalue weighted by Gasteiger charge is -2.34. The first-order valence-corrected chi connectivity index (χ1v) is 10.8. The first-order valence-electron chi connectivity index (χ1n) is 10.8. The average molecular weight is 391 g/mol. The van der Waals surface area contributed by atoms with Gasteiger partial charge in [0.1, 0.15) is 11.5 Å². The number of nitrogens with zero attached hydrogens (tertiary/aromatic N) is 5. The van der Waals surface area contributed by atoms with Crippen LogP contribution in [0.5, 0.6) is 0 Å². The standard InChI is InChI=1S/C23H30N6/c1-17-6-5-11-24-23(17)19-8-3-7-18(25-19)20-16-29-21(26-20)9-4-10-22(29)28-14-12-27(2)13-15-28/h4-6,9-11,16,18-19,25H,3,7-8,12-15H2,1-2H3/t18-,19?/m1/s1. The van der Waals surface area contributed by atoms with Crippen molar-refractivity contribution in [3.05, 3.63) is 59.7 Å². The van der Waals surface area contributed by atoms with E-state index in [0.717, 1.165) is 50.4 Å². The number of piperidine rings is 1. The van der Waals surface area contributed by atoms with E-state index in [2.05, 4.69) is 68.9 Å². The van der Waals surface area contributed by atoms with E-state index in [4.69, 9.17) is 4.98 Å². The summed E-state index contributed by atoms with van der Waals surface area (Å²) in [6.07, 6.45) is 7.59. The molecule has 0 saturated carbocycles. The third kappa shape index (κ3) is 3.63. The molecule has 3 aromatic rings. The summed E-state index contributed by atoms with van der Waals surface area (Å²) in [6.45, 7) is 6.49. The van der Waals surface area contributed by atoms with Crippen molar-refractivity contribution < 1.29 is 0 Å². The maximum absolute atomic E-state index is 5.00. The Morgan fingerprint density at radius 1 is 1.00 bits per heavy atom. The highest BCUT2D eigenvalue weighted by atomic mass is 15.3. The highest BCUT2D eigenvalue weighted by molar-refractivity contribution is 5.53. The van der Waals surface area contributed by atoms with Crippen LogP contribution in [0.4, 0.5) is 5.82 Å². The molecule has 6 heteroatoms. The largest absolute Gasteiger partial charge is 0.355 e. The molecule has 0 spiro atoms. The number of hydrogen-bond acceptors (Lipinski definition) is 5. The number of pyridine rings is 2. The molecule has 2 saturated heterocycles. The number of anilines is 1. The lowest BCUT2D eigenvalue weighted by atomic mass is 9.93. The van der Waals surface area contributed by atoms with Gasteiger partial charge in [-0.2, -0.15) is 0 Å². The Kier molecular flexibility index (Phi) is 4.97. The zero-order valence-electron chi connectivity index (χ0n) is 17.4. The highest BCUT2D eigenvalue weighted by Crippen LogP contribution is 2.33. The van der Waals surface area contributed by atoms with Gasteiger partial charge in [0, 0.05) is 38.6 Å². The number of piperazine rings is 1. The summed E-state index contributed by atoms with van der Waals surface area (Å²) in [5, 5.41) is 3.83. The number of rotatable bonds is 3. The van der Waals surface area contributed by atoms with Gasteiger partial charge in [0.05, 0.1) is 23.5 Å². The minimum absolute atomic E-state index is 0.274. The Morgan fingerprint density at radius 2 is 1.83 bits per heavy atom. The molecule has 152 valence electrons. The van der Waals surface area contributed by atoms with Crippen molar-refractivity contribution in [2.24, 2.45) is 0 Å². The number of likely N-dealkylation sites (N-methyl/N-ethyl adjacent to an activating group) is 1. The zero-order valence-corrected chi connectivity index (χ0v) is 17.4. The smallest absolute Gasteiger partial charge is 0.138 e. The van der Waals surface area contributed by atoms with E-state index < -0.39 is 0 Å². The lowest BCUT2D eigenvalue weighted by molar-refractivity contribution is 0.311. The first-order chi connectivity index (χ1) is 14.2. The summed E-state index contributed by atoms with van der Waals surface area (Å²) in [7, 11) is 2.20. The van der Waals surface area contributed by atoms with Crippen molar-refractivity contribution in [1.82, 2.24) is 24.6 Å². The minimum atomic E-state index is 0.274. The molecule has 0 radical (unpaired) electrons. The number of nitrogens with one attached hydrogen (secondary N) is 1. The van der Waals surface area contributed by atoms with E-state index in [9.17, 15) is 0 Å². The van der Waals surface area contributed by atoms with Crippen molar-refractivity contribution >= 4 is 11.5 Å². The maximum Gasteiger partial charge on any atom is 0.138 e. The molecule has 5 heterocycles. The van der Waals surface area contributed by atoms with Crippen LogP contribution in [0.25, 0.3) is 5.65 Å². The SMILES string of the molecule is Cc1cccnc1C1CCC[C@H](c2cn3c(N4CCN(C)CC4)cccc3n2)N1. The Hall–Kier alpha value is -2.44. The normalized spacial score (nSPS) is 23.6. The van der Waals surface area contributed by atoms with Gasteiger partial charge in [0.25, 0.3) is 0 Å². The van der Waals surface area contributed by atoms with E-state index in [1.54, 1.807) is 0 Å². The summed E-state index contributed by atoms with van der Waals surface area (Å²) in [6, 6.07) is 11.2. The predicted molar refractivity (Wildman–Crippen MR) is 116 cm³/mol. The molecule has 29 heavy (non-hydrogen) atoms. The number of fused-ring (bicyclic) bond motifs is 1. The molecular weight excluding hydrogens is 360 g/mol. The summed E-state index contributed by atoms with van der Waals surface area (Å²) in [5.74, 6) is 1.25. The third-order valence-corrected chi connectivity index (χ3v) is 6.44. The van der Waals surface area contributed by atoms with E-state index in [-0.39, 0.29) is 6.04 Å². The van der Waals surface area contributed by atoms with Crippen molar-refractivity contribution in [3.63, 3.8) is 0 Å². The Bertz CT molecular complexity index is 988.